The van der Waals surface area contributed by atoms with E-state index in [0.29, 0.717) is 6.61 Å². The summed E-state index contributed by atoms with van der Waals surface area (Å²) in [6, 6.07) is 5.83. The Hall–Kier alpha value is -0.0400. The Morgan fingerprint density at radius 1 is 1.06 bits per heavy atom. The van der Waals surface area contributed by atoms with Crippen molar-refractivity contribution in [3.8, 4) is 11.5 Å². The summed E-state index contributed by atoms with van der Waals surface area (Å²) in [5.41, 5.74) is 0. The highest BCUT2D eigenvalue weighted by atomic mass is 79.9. The average Bonchev–Trinajstić information content (AvgIpc) is 2.75. The fourth-order valence-electron chi connectivity index (χ4n) is 1.36. The van der Waals surface area contributed by atoms with Gasteiger partial charge in [0.25, 0.3) is 0 Å². The molecule has 0 aliphatic carbocycles. The van der Waals surface area contributed by atoms with E-state index in [-0.39, 0.29) is 0 Å². The lowest BCUT2D eigenvalue weighted by Crippen LogP contribution is -1.95. The van der Waals surface area contributed by atoms with Gasteiger partial charge in [0.05, 0.1) is 16.1 Å². The first-order valence-corrected chi connectivity index (χ1v) is 8.24. The largest absolute Gasteiger partial charge is 0.496 e. The minimum atomic E-state index is 0.549. The van der Waals surface area contributed by atoms with Crippen LogP contribution in [-0.2, 0) is 6.61 Å². The fourth-order valence-corrected chi connectivity index (χ4v) is 3.64. The van der Waals surface area contributed by atoms with Crippen LogP contribution in [0.2, 0.25) is 0 Å². The van der Waals surface area contributed by atoms with E-state index in [9.17, 15) is 0 Å². The molecule has 1 aromatic carbocycles. The summed E-state index contributed by atoms with van der Waals surface area (Å²) in [5.74, 6) is 1.56. The standard InChI is InChI=1S/C12H9Br3O2S/c1-16-11-3-10(15)12(4-9(11)14)17-5-8-2-7(13)6-18-8/h2-4,6H,5H2,1H3. The van der Waals surface area contributed by atoms with Gasteiger partial charge in [-0.1, -0.05) is 0 Å². The molecule has 0 radical (unpaired) electrons. The second-order valence-corrected chi connectivity index (χ2v) is 7.06. The highest BCUT2D eigenvalue weighted by Crippen LogP contribution is 2.36. The van der Waals surface area contributed by atoms with Crippen LogP contribution in [-0.4, -0.2) is 7.11 Å². The van der Waals surface area contributed by atoms with Gasteiger partial charge < -0.3 is 9.47 Å². The van der Waals surface area contributed by atoms with E-state index in [4.69, 9.17) is 9.47 Å². The third-order valence-corrected chi connectivity index (χ3v) is 5.11. The van der Waals surface area contributed by atoms with Crippen molar-refractivity contribution in [3.05, 3.63) is 41.9 Å². The Balaban J connectivity index is 2.12. The van der Waals surface area contributed by atoms with E-state index < -0.39 is 0 Å². The van der Waals surface area contributed by atoms with Gasteiger partial charge in [0.15, 0.2) is 0 Å². The molecule has 2 aromatic rings. The molecule has 0 spiro atoms. The topological polar surface area (TPSA) is 18.5 Å². The van der Waals surface area contributed by atoms with Crippen LogP contribution in [0.25, 0.3) is 0 Å². The van der Waals surface area contributed by atoms with Crippen molar-refractivity contribution >= 4 is 59.1 Å². The number of hydrogen-bond donors (Lipinski definition) is 0. The molecule has 0 unspecified atom stereocenters. The van der Waals surface area contributed by atoms with Crippen LogP contribution in [0.4, 0.5) is 0 Å². The SMILES string of the molecule is COc1cc(Br)c(OCc2cc(Br)cs2)cc1Br. The van der Waals surface area contributed by atoms with Crippen LogP contribution >= 0.6 is 59.1 Å². The lowest BCUT2D eigenvalue weighted by atomic mass is 10.3. The van der Waals surface area contributed by atoms with Gasteiger partial charge >= 0.3 is 0 Å². The van der Waals surface area contributed by atoms with Gasteiger partial charge in [-0.15, -0.1) is 11.3 Å². The molecule has 0 atom stereocenters. The molecule has 0 aliphatic heterocycles. The summed E-state index contributed by atoms with van der Waals surface area (Å²) >= 11 is 12.0. The molecule has 1 aromatic heterocycles. The van der Waals surface area contributed by atoms with Crippen LogP contribution in [0.5, 0.6) is 11.5 Å². The van der Waals surface area contributed by atoms with Gasteiger partial charge in [-0.3, -0.25) is 0 Å². The third kappa shape index (κ3) is 3.50. The summed E-state index contributed by atoms with van der Waals surface area (Å²) in [6.45, 7) is 0.549. The monoisotopic (exact) mass is 454 g/mol. The van der Waals surface area contributed by atoms with Crippen molar-refractivity contribution in [2.45, 2.75) is 6.61 Å². The molecule has 0 aliphatic rings. The van der Waals surface area contributed by atoms with E-state index in [1.165, 1.54) is 4.88 Å². The molecule has 18 heavy (non-hydrogen) atoms. The Bertz CT molecular complexity index is 554. The minimum Gasteiger partial charge on any atom is -0.496 e. The molecule has 0 bridgehead atoms. The number of hydrogen-bond acceptors (Lipinski definition) is 3. The van der Waals surface area contributed by atoms with Crippen molar-refractivity contribution in [2.75, 3.05) is 7.11 Å². The molecule has 2 nitrogen and oxygen atoms in total. The Morgan fingerprint density at radius 3 is 2.33 bits per heavy atom. The fraction of sp³-hybridized carbons (Fsp3) is 0.167. The second kappa shape index (κ2) is 6.41. The smallest absolute Gasteiger partial charge is 0.135 e. The van der Waals surface area contributed by atoms with Crippen LogP contribution in [0.15, 0.2) is 37.0 Å². The maximum absolute atomic E-state index is 5.77. The van der Waals surface area contributed by atoms with Gasteiger partial charge in [-0.2, -0.15) is 0 Å². The van der Waals surface area contributed by atoms with E-state index >= 15 is 0 Å². The molecule has 0 saturated heterocycles. The third-order valence-electron chi connectivity index (χ3n) is 2.20. The molecule has 0 amide bonds. The molecule has 96 valence electrons. The van der Waals surface area contributed by atoms with Crippen molar-refractivity contribution in [3.63, 3.8) is 0 Å². The predicted octanol–water partition coefficient (Wildman–Crippen LogP) is 5.62. The number of rotatable bonds is 4. The van der Waals surface area contributed by atoms with Gasteiger partial charge in [-0.05, 0) is 66.0 Å². The molecule has 0 fully saturated rings. The van der Waals surface area contributed by atoms with Crippen molar-refractivity contribution in [1.82, 2.24) is 0 Å². The van der Waals surface area contributed by atoms with Crippen molar-refractivity contribution in [2.24, 2.45) is 0 Å². The van der Waals surface area contributed by atoms with Gasteiger partial charge in [0.2, 0.25) is 0 Å². The average molecular weight is 457 g/mol. The van der Waals surface area contributed by atoms with Crippen molar-refractivity contribution < 1.29 is 9.47 Å². The van der Waals surface area contributed by atoms with Crippen LogP contribution < -0.4 is 9.47 Å². The molecule has 0 N–H and O–H groups in total. The van der Waals surface area contributed by atoms with Gasteiger partial charge in [0.1, 0.15) is 18.1 Å². The number of ether oxygens (including phenoxy) is 2. The summed E-state index contributed by atoms with van der Waals surface area (Å²) in [7, 11) is 1.64. The van der Waals surface area contributed by atoms with Crippen LogP contribution in [0.1, 0.15) is 4.88 Å². The van der Waals surface area contributed by atoms with E-state index in [2.05, 4.69) is 53.9 Å². The zero-order valence-electron chi connectivity index (χ0n) is 9.38. The summed E-state index contributed by atoms with van der Waals surface area (Å²) in [6.07, 6.45) is 0. The Kier molecular flexibility index (Phi) is 5.12. The number of methoxy groups -OCH3 is 1. The minimum absolute atomic E-state index is 0.549. The second-order valence-electron chi connectivity index (χ2n) is 3.44. The van der Waals surface area contributed by atoms with E-state index in [1.54, 1.807) is 18.4 Å². The lowest BCUT2D eigenvalue weighted by Gasteiger charge is -2.10. The normalized spacial score (nSPS) is 10.4. The first-order valence-electron chi connectivity index (χ1n) is 4.99. The molecule has 2 rings (SSSR count). The van der Waals surface area contributed by atoms with Gasteiger partial charge in [0, 0.05) is 14.7 Å². The van der Waals surface area contributed by atoms with Crippen molar-refractivity contribution in [1.29, 1.82) is 0 Å². The zero-order chi connectivity index (χ0) is 13.1. The van der Waals surface area contributed by atoms with Crippen LogP contribution in [0, 0.1) is 0 Å². The number of benzene rings is 1. The summed E-state index contributed by atoms with van der Waals surface area (Å²) < 4.78 is 13.8. The van der Waals surface area contributed by atoms with E-state index in [1.807, 2.05) is 17.5 Å². The molecule has 6 heteroatoms. The summed E-state index contributed by atoms with van der Waals surface area (Å²) in [4.78, 5) is 1.17. The molecular formula is C12H9Br3O2S. The number of halogens is 3. The quantitative estimate of drug-likeness (QED) is 0.594. The summed E-state index contributed by atoms with van der Waals surface area (Å²) in [5, 5.41) is 2.04. The lowest BCUT2D eigenvalue weighted by molar-refractivity contribution is 0.306. The maximum atomic E-state index is 5.77. The first-order chi connectivity index (χ1) is 8.60. The van der Waals surface area contributed by atoms with Crippen LogP contribution in [0.3, 0.4) is 0 Å². The molecule has 0 saturated carbocycles. The maximum Gasteiger partial charge on any atom is 0.135 e. The van der Waals surface area contributed by atoms with Gasteiger partial charge in [-0.25, -0.2) is 0 Å². The predicted molar refractivity (Wildman–Crippen MR) is 84.7 cm³/mol. The highest BCUT2D eigenvalue weighted by molar-refractivity contribution is 9.11. The number of thiophene rings is 1. The Morgan fingerprint density at radius 2 is 1.72 bits per heavy atom. The first kappa shape index (κ1) is 14.4. The zero-order valence-corrected chi connectivity index (χ0v) is 14.9. The molecular weight excluding hydrogens is 448 g/mol. The highest BCUT2D eigenvalue weighted by Gasteiger charge is 2.09. The Labute approximate surface area is 135 Å². The molecule has 1 heterocycles. The van der Waals surface area contributed by atoms with E-state index in [0.717, 1.165) is 24.9 Å².